The smallest absolute Gasteiger partial charge is 0.123 e. The maximum Gasteiger partial charge on any atom is 0.123 e. The van der Waals surface area contributed by atoms with Crippen LogP contribution in [0, 0.1) is 5.82 Å². The molecule has 2 aromatic rings. The monoisotopic (exact) mass is 245 g/mol. The Hall–Kier alpha value is -1.68. The maximum atomic E-state index is 13.0. The molecule has 1 N–H and O–H groups in total. The Balaban J connectivity index is 1.56. The Labute approximate surface area is 106 Å². The molecule has 1 heterocycles. The van der Waals surface area contributed by atoms with Crippen LogP contribution in [0.3, 0.4) is 0 Å². The molecule has 0 bridgehead atoms. The summed E-state index contributed by atoms with van der Waals surface area (Å²) in [5, 5.41) is 3.33. The number of hydrogen-bond acceptors (Lipinski definition) is 2. The molecule has 1 aliphatic rings. The van der Waals surface area contributed by atoms with E-state index >= 15 is 0 Å². The van der Waals surface area contributed by atoms with Crippen LogP contribution in [0.1, 0.15) is 30.1 Å². The average Bonchev–Trinajstić information content (AvgIpc) is 3.10. The highest BCUT2D eigenvalue weighted by Crippen LogP contribution is 2.35. The van der Waals surface area contributed by atoms with Crippen LogP contribution in [0.15, 0.2) is 36.8 Å². The van der Waals surface area contributed by atoms with Crippen LogP contribution < -0.4 is 5.32 Å². The third kappa shape index (κ3) is 2.59. The minimum Gasteiger partial charge on any atom is -0.330 e. The van der Waals surface area contributed by atoms with Crippen molar-refractivity contribution in [2.45, 2.75) is 32.0 Å². The highest BCUT2D eigenvalue weighted by atomic mass is 19.1. The Morgan fingerprint density at radius 3 is 3.00 bits per heavy atom. The Kier molecular flexibility index (Phi) is 3.11. The number of benzene rings is 1. The fourth-order valence-corrected chi connectivity index (χ4v) is 2.13. The largest absolute Gasteiger partial charge is 0.330 e. The SMILES string of the molecule is Fc1cccc(CNCc2cncn2C2CC2)c1. The zero-order valence-electron chi connectivity index (χ0n) is 10.1. The number of hydrogen-bond donors (Lipinski definition) is 1. The summed E-state index contributed by atoms with van der Waals surface area (Å²) in [4.78, 5) is 4.19. The van der Waals surface area contributed by atoms with Crippen LogP contribution in [0.25, 0.3) is 0 Å². The first-order valence-electron chi connectivity index (χ1n) is 6.29. The molecule has 0 radical (unpaired) electrons. The van der Waals surface area contributed by atoms with E-state index in [1.54, 1.807) is 12.1 Å². The van der Waals surface area contributed by atoms with Crippen molar-refractivity contribution < 1.29 is 4.39 Å². The molecule has 3 rings (SSSR count). The Morgan fingerprint density at radius 1 is 1.33 bits per heavy atom. The lowest BCUT2D eigenvalue weighted by Gasteiger charge is -2.08. The summed E-state index contributed by atoms with van der Waals surface area (Å²) in [5.41, 5.74) is 2.17. The molecular weight excluding hydrogens is 229 g/mol. The molecule has 18 heavy (non-hydrogen) atoms. The quantitative estimate of drug-likeness (QED) is 0.877. The van der Waals surface area contributed by atoms with Gasteiger partial charge in [-0.25, -0.2) is 9.37 Å². The van der Waals surface area contributed by atoms with Crippen LogP contribution in [0.5, 0.6) is 0 Å². The number of nitrogens with zero attached hydrogens (tertiary/aromatic N) is 2. The van der Waals surface area contributed by atoms with Gasteiger partial charge in [-0.15, -0.1) is 0 Å². The van der Waals surface area contributed by atoms with Gasteiger partial charge in [0.05, 0.1) is 12.0 Å². The van der Waals surface area contributed by atoms with Gasteiger partial charge in [-0.2, -0.15) is 0 Å². The van der Waals surface area contributed by atoms with Gasteiger partial charge in [-0.3, -0.25) is 0 Å². The number of halogens is 1. The second-order valence-electron chi connectivity index (χ2n) is 4.76. The summed E-state index contributed by atoms with van der Waals surface area (Å²) in [7, 11) is 0. The molecule has 0 atom stereocenters. The molecule has 3 nitrogen and oxygen atoms in total. The number of imidazole rings is 1. The van der Waals surface area contributed by atoms with E-state index in [9.17, 15) is 4.39 Å². The van der Waals surface area contributed by atoms with Gasteiger partial charge < -0.3 is 9.88 Å². The molecule has 4 heteroatoms. The van der Waals surface area contributed by atoms with Crippen molar-refractivity contribution in [3.8, 4) is 0 Å². The Bertz CT molecular complexity index is 531. The van der Waals surface area contributed by atoms with E-state index in [2.05, 4.69) is 14.9 Å². The third-order valence-electron chi connectivity index (χ3n) is 3.21. The van der Waals surface area contributed by atoms with Gasteiger partial charge in [0.1, 0.15) is 5.82 Å². The third-order valence-corrected chi connectivity index (χ3v) is 3.21. The first-order chi connectivity index (χ1) is 8.83. The minimum absolute atomic E-state index is 0.183. The summed E-state index contributed by atoms with van der Waals surface area (Å²) in [6, 6.07) is 7.34. The van der Waals surface area contributed by atoms with Crippen LogP contribution in [-0.2, 0) is 13.1 Å². The molecule has 1 saturated carbocycles. The molecule has 1 aliphatic carbocycles. The second kappa shape index (κ2) is 4.90. The van der Waals surface area contributed by atoms with E-state index in [1.807, 2.05) is 18.6 Å². The van der Waals surface area contributed by atoms with Crippen molar-refractivity contribution in [3.63, 3.8) is 0 Å². The van der Waals surface area contributed by atoms with E-state index in [-0.39, 0.29) is 5.82 Å². The summed E-state index contributed by atoms with van der Waals surface area (Å²) >= 11 is 0. The van der Waals surface area contributed by atoms with E-state index in [1.165, 1.54) is 24.6 Å². The highest BCUT2D eigenvalue weighted by Gasteiger charge is 2.24. The van der Waals surface area contributed by atoms with Crippen molar-refractivity contribution in [1.29, 1.82) is 0 Å². The number of aromatic nitrogens is 2. The zero-order chi connectivity index (χ0) is 12.4. The second-order valence-corrected chi connectivity index (χ2v) is 4.76. The fourth-order valence-electron chi connectivity index (χ4n) is 2.13. The van der Waals surface area contributed by atoms with Crippen molar-refractivity contribution >= 4 is 0 Å². The summed E-state index contributed by atoms with van der Waals surface area (Å²) in [6.07, 6.45) is 6.31. The first-order valence-corrected chi connectivity index (χ1v) is 6.29. The molecule has 1 aromatic heterocycles. The van der Waals surface area contributed by atoms with Crippen molar-refractivity contribution in [1.82, 2.24) is 14.9 Å². The minimum atomic E-state index is -0.183. The molecule has 0 amide bonds. The molecule has 0 unspecified atom stereocenters. The van der Waals surface area contributed by atoms with E-state index in [0.717, 1.165) is 12.1 Å². The van der Waals surface area contributed by atoms with Crippen molar-refractivity contribution in [2.75, 3.05) is 0 Å². The predicted molar refractivity (Wildman–Crippen MR) is 67.4 cm³/mol. The lowest BCUT2D eigenvalue weighted by molar-refractivity contribution is 0.607. The fraction of sp³-hybridized carbons (Fsp3) is 0.357. The average molecular weight is 245 g/mol. The summed E-state index contributed by atoms with van der Waals surface area (Å²) < 4.78 is 15.2. The molecule has 1 aromatic carbocycles. The molecule has 0 saturated heterocycles. The van der Waals surface area contributed by atoms with E-state index < -0.39 is 0 Å². The van der Waals surface area contributed by atoms with Crippen LogP contribution >= 0.6 is 0 Å². The molecular formula is C14H16FN3. The molecule has 1 fully saturated rings. The van der Waals surface area contributed by atoms with Gasteiger partial charge in [0.25, 0.3) is 0 Å². The predicted octanol–water partition coefficient (Wildman–Crippen LogP) is 2.65. The van der Waals surface area contributed by atoms with Crippen LogP contribution in [-0.4, -0.2) is 9.55 Å². The highest BCUT2D eigenvalue weighted by molar-refractivity contribution is 5.16. The van der Waals surface area contributed by atoms with Crippen molar-refractivity contribution in [3.05, 3.63) is 53.9 Å². The normalized spacial score (nSPS) is 14.9. The zero-order valence-corrected chi connectivity index (χ0v) is 10.1. The van der Waals surface area contributed by atoms with Crippen molar-refractivity contribution in [2.24, 2.45) is 0 Å². The number of nitrogens with one attached hydrogen (secondary N) is 1. The number of rotatable bonds is 5. The molecule has 94 valence electrons. The molecule has 0 spiro atoms. The Morgan fingerprint density at radius 2 is 2.22 bits per heavy atom. The van der Waals surface area contributed by atoms with Gasteiger partial charge >= 0.3 is 0 Å². The lowest BCUT2D eigenvalue weighted by Crippen LogP contribution is -2.15. The maximum absolute atomic E-state index is 13.0. The van der Waals surface area contributed by atoms with Gasteiger partial charge in [0, 0.05) is 25.3 Å². The van der Waals surface area contributed by atoms with E-state index in [4.69, 9.17) is 0 Å². The van der Waals surface area contributed by atoms with Crippen LogP contribution in [0.4, 0.5) is 4.39 Å². The van der Waals surface area contributed by atoms with Gasteiger partial charge in [0.2, 0.25) is 0 Å². The van der Waals surface area contributed by atoms with Gasteiger partial charge in [-0.1, -0.05) is 12.1 Å². The lowest BCUT2D eigenvalue weighted by atomic mass is 10.2. The summed E-state index contributed by atoms with van der Waals surface area (Å²) in [6.45, 7) is 1.45. The van der Waals surface area contributed by atoms with E-state index in [0.29, 0.717) is 12.6 Å². The molecule has 0 aliphatic heterocycles. The van der Waals surface area contributed by atoms with Gasteiger partial charge in [-0.05, 0) is 30.5 Å². The first kappa shape index (κ1) is 11.4. The topological polar surface area (TPSA) is 29.9 Å². The van der Waals surface area contributed by atoms with Crippen LogP contribution in [0.2, 0.25) is 0 Å². The van der Waals surface area contributed by atoms with Gasteiger partial charge in [0.15, 0.2) is 0 Å². The summed E-state index contributed by atoms with van der Waals surface area (Å²) in [5.74, 6) is -0.183. The standard InChI is InChI=1S/C14H16FN3/c15-12-3-1-2-11(6-12)7-16-8-14-9-17-10-18(14)13-4-5-13/h1-3,6,9-10,13,16H,4-5,7-8H2.